The second-order valence-electron chi connectivity index (χ2n) is 5.54. The van der Waals surface area contributed by atoms with Crippen LogP contribution in [0.2, 0.25) is 0 Å². The van der Waals surface area contributed by atoms with Gasteiger partial charge in [-0.3, -0.25) is 0 Å². The molecule has 2 aromatic carbocycles. The van der Waals surface area contributed by atoms with E-state index in [1.807, 2.05) is 6.07 Å². The molecule has 3 aromatic rings. The second-order valence-corrected chi connectivity index (χ2v) is 5.54. The Morgan fingerprint density at radius 3 is 2.33 bits per heavy atom. The third-order valence-corrected chi connectivity index (χ3v) is 4.05. The molecule has 0 atom stereocenters. The lowest BCUT2D eigenvalue weighted by Gasteiger charge is -2.13. The topological polar surface area (TPSA) is 78.9 Å². The predicted molar refractivity (Wildman–Crippen MR) is 98.8 cm³/mol. The monoisotopic (exact) mass is 359 g/mol. The number of rotatable bonds is 4. The Balaban J connectivity index is 2.32. The first-order chi connectivity index (χ1) is 13.1. The van der Waals surface area contributed by atoms with Crippen LogP contribution in [0.4, 0.5) is 4.39 Å². The number of aromatic nitrogens is 1. The van der Waals surface area contributed by atoms with Crippen molar-refractivity contribution in [3.63, 3.8) is 0 Å². The predicted octanol–water partition coefficient (Wildman–Crippen LogP) is 4.45. The minimum Gasteiger partial charge on any atom is -0.494 e. The number of nitriles is 2. The summed E-state index contributed by atoms with van der Waals surface area (Å²) < 4.78 is 25.4. The molecule has 0 amide bonds. The summed E-state index contributed by atoms with van der Waals surface area (Å²) in [5.74, 6) is -0.344. The Kier molecular flexibility index (Phi) is 5.01. The molecule has 0 bridgehead atoms. The lowest BCUT2D eigenvalue weighted by atomic mass is 10.0. The van der Waals surface area contributed by atoms with Crippen molar-refractivity contribution in [2.75, 3.05) is 14.2 Å². The van der Waals surface area contributed by atoms with Crippen molar-refractivity contribution < 1.29 is 13.9 Å². The largest absolute Gasteiger partial charge is 0.494 e. The van der Waals surface area contributed by atoms with E-state index in [0.29, 0.717) is 22.0 Å². The summed E-state index contributed by atoms with van der Waals surface area (Å²) in [6.07, 6.45) is 0. The maximum Gasteiger partial charge on any atom is 0.191 e. The fourth-order valence-electron chi connectivity index (χ4n) is 2.83. The lowest BCUT2D eigenvalue weighted by molar-refractivity contribution is 0.369. The average molecular weight is 359 g/mol. The van der Waals surface area contributed by atoms with Gasteiger partial charge in [-0.2, -0.15) is 10.5 Å². The molecule has 0 unspecified atom stereocenters. The number of fused-ring (bicyclic) bond motifs is 1. The molecule has 132 valence electrons. The van der Waals surface area contributed by atoms with Gasteiger partial charge in [0.05, 0.1) is 19.7 Å². The second kappa shape index (κ2) is 7.55. The number of pyridine rings is 1. The summed E-state index contributed by atoms with van der Waals surface area (Å²) in [5, 5.41) is 18.7. The highest BCUT2D eigenvalue weighted by Gasteiger charge is 2.19. The van der Waals surface area contributed by atoms with Crippen molar-refractivity contribution in [2.45, 2.75) is 0 Å². The van der Waals surface area contributed by atoms with Gasteiger partial charge in [-0.05, 0) is 12.1 Å². The zero-order chi connectivity index (χ0) is 19.4. The highest BCUT2D eigenvalue weighted by atomic mass is 19.1. The lowest BCUT2D eigenvalue weighted by Crippen LogP contribution is -1.99. The number of ether oxygens (including phenoxy) is 2. The van der Waals surface area contributed by atoms with Gasteiger partial charge >= 0.3 is 0 Å². The molecule has 0 radical (unpaired) electrons. The number of methoxy groups -OCH3 is 2. The SMILES string of the molecule is COC(=C(C#N)C#N)c1ccc2c(OC)c(F)c(-c3ccccc3)nc2c1. The molecule has 0 aliphatic carbocycles. The van der Waals surface area contributed by atoms with Gasteiger partial charge in [0.15, 0.2) is 22.9 Å². The standard InChI is InChI=1S/C21H14FN3O2/c1-26-20(15(11-23)12-24)14-8-9-16-17(10-14)25-19(18(22)21(16)27-2)13-6-4-3-5-7-13/h3-10H,1-2H3. The van der Waals surface area contributed by atoms with Crippen molar-refractivity contribution >= 4 is 16.7 Å². The van der Waals surface area contributed by atoms with E-state index in [4.69, 9.17) is 20.0 Å². The van der Waals surface area contributed by atoms with E-state index in [0.717, 1.165) is 0 Å². The molecule has 6 heteroatoms. The molecule has 0 fully saturated rings. The number of hydrogen-bond donors (Lipinski definition) is 0. The first-order valence-electron chi connectivity index (χ1n) is 7.96. The summed E-state index contributed by atoms with van der Waals surface area (Å²) in [4.78, 5) is 4.44. The Morgan fingerprint density at radius 2 is 1.74 bits per heavy atom. The molecule has 0 aliphatic heterocycles. The summed E-state index contributed by atoms with van der Waals surface area (Å²) >= 11 is 0. The zero-order valence-corrected chi connectivity index (χ0v) is 14.7. The van der Waals surface area contributed by atoms with E-state index < -0.39 is 5.82 Å². The minimum absolute atomic E-state index is 0.0779. The van der Waals surface area contributed by atoms with E-state index in [9.17, 15) is 4.39 Å². The number of halogens is 1. The van der Waals surface area contributed by atoms with Crippen molar-refractivity contribution in [1.29, 1.82) is 10.5 Å². The highest BCUT2D eigenvalue weighted by Crippen LogP contribution is 2.35. The molecule has 27 heavy (non-hydrogen) atoms. The van der Waals surface area contributed by atoms with Crippen molar-refractivity contribution in [3.8, 4) is 29.1 Å². The molecule has 1 heterocycles. The molecule has 0 N–H and O–H groups in total. The van der Waals surface area contributed by atoms with Crippen LogP contribution in [0, 0.1) is 28.5 Å². The Labute approximate surface area is 155 Å². The van der Waals surface area contributed by atoms with Gasteiger partial charge in [0.25, 0.3) is 0 Å². The summed E-state index contributed by atoms with van der Waals surface area (Å²) in [7, 11) is 2.77. The van der Waals surface area contributed by atoms with Crippen LogP contribution in [0.5, 0.6) is 5.75 Å². The summed E-state index contributed by atoms with van der Waals surface area (Å²) in [6.45, 7) is 0. The number of nitrogens with zero attached hydrogens (tertiary/aromatic N) is 3. The normalized spacial score (nSPS) is 9.96. The van der Waals surface area contributed by atoms with E-state index in [2.05, 4.69) is 4.98 Å². The van der Waals surface area contributed by atoms with Crippen LogP contribution >= 0.6 is 0 Å². The van der Waals surface area contributed by atoms with Gasteiger partial charge in [-0.25, -0.2) is 9.37 Å². The van der Waals surface area contributed by atoms with Crippen LogP contribution in [0.3, 0.4) is 0 Å². The molecule has 0 aliphatic rings. The number of hydrogen-bond acceptors (Lipinski definition) is 5. The van der Waals surface area contributed by atoms with E-state index in [1.54, 1.807) is 54.6 Å². The van der Waals surface area contributed by atoms with Crippen LogP contribution in [0.1, 0.15) is 5.56 Å². The van der Waals surface area contributed by atoms with Crippen molar-refractivity contribution in [1.82, 2.24) is 4.98 Å². The number of benzene rings is 2. The van der Waals surface area contributed by atoms with Crippen LogP contribution < -0.4 is 4.74 Å². The average Bonchev–Trinajstić information content (AvgIpc) is 2.72. The van der Waals surface area contributed by atoms with Gasteiger partial charge in [0.1, 0.15) is 17.8 Å². The van der Waals surface area contributed by atoms with Gasteiger partial charge in [0.2, 0.25) is 0 Å². The van der Waals surface area contributed by atoms with Crippen LogP contribution in [0.15, 0.2) is 54.1 Å². The van der Waals surface area contributed by atoms with Gasteiger partial charge < -0.3 is 9.47 Å². The maximum atomic E-state index is 14.9. The van der Waals surface area contributed by atoms with E-state index in [1.165, 1.54) is 14.2 Å². The highest BCUT2D eigenvalue weighted by molar-refractivity contribution is 5.91. The third kappa shape index (κ3) is 3.17. The van der Waals surface area contributed by atoms with Crippen LogP contribution in [-0.2, 0) is 4.74 Å². The Bertz CT molecular complexity index is 1110. The van der Waals surface area contributed by atoms with Crippen LogP contribution in [0.25, 0.3) is 27.9 Å². The molecule has 0 saturated heterocycles. The summed E-state index contributed by atoms with van der Waals surface area (Å²) in [6, 6.07) is 17.4. The number of allylic oxidation sites excluding steroid dienone is 1. The van der Waals surface area contributed by atoms with E-state index >= 15 is 0 Å². The van der Waals surface area contributed by atoms with Crippen LogP contribution in [-0.4, -0.2) is 19.2 Å². The fraction of sp³-hybridized carbons (Fsp3) is 0.0952. The van der Waals surface area contributed by atoms with E-state index in [-0.39, 0.29) is 22.8 Å². The minimum atomic E-state index is -0.554. The first-order valence-corrected chi connectivity index (χ1v) is 7.96. The van der Waals surface area contributed by atoms with Gasteiger partial charge in [-0.1, -0.05) is 36.4 Å². The maximum absolute atomic E-state index is 14.9. The van der Waals surface area contributed by atoms with Crippen molar-refractivity contribution in [2.24, 2.45) is 0 Å². The van der Waals surface area contributed by atoms with Gasteiger partial charge in [0, 0.05) is 16.5 Å². The first kappa shape index (κ1) is 17.9. The molecular formula is C21H14FN3O2. The third-order valence-electron chi connectivity index (χ3n) is 4.05. The Morgan fingerprint density at radius 1 is 1.04 bits per heavy atom. The Hall–Kier alpha value is -3.90. The van der Waals surface area contributed by atoms with Gasteiger partial charge in [-0.15, -0.1) is 0 Å². The molecule has 3 rings (SSSR count). The molecule has 1 aromatic heterocycles. The fourth-order valence-corrected chi connectivity index (χ4v) is 2.83. The smallest absolute Gasteiger partial charge is 0.191 e. The molecule has 5 nitrogen and oxygen atoms in total. The molecule has 0 spiro atoms. The zero-order valence-electron chi connectivity index (χ0n) is 14.7. The quantitative estimate of drug-likeness (QED) is 0.508. The molecular weight excluding hydrogens is 345 g/mol. The summed E-state index contributed by atoms with van der Waals surface area (Å²) in [5.41, 5.74) is 1.55. The molecule has 0 saturated carbocycles. The van der Waals surface area contributed by atoms with Crippen molar-refractivity contribution in [3.05, 3.63) is 65.5 Å².